The molecule has 2 heterocycles. The van der Waals surface area contributed by atoms with Crippen molar-refractivity contribution >= 4 is 16.1 Å². The monoisotopic (exact) mass is 291 g/mol. The Morgan fingerprint density at radius 1 is 1.25 bits per heavy atom. The molecule has 7 nitrogen and oxygen atoms in total. The number of nitrogens with zero attached hydrogens (tertiary/aromatic N) is 3. The zero-order chi connectivity index (χ0) is 14.3. The Hall–Kier alpha value is -2.19. The van der Waals surface area contributed by atoms with E-state index < -0.39 is 16.1 Å². The average Bonchev–Trinajstić information content (AvgIpc) is 2.99. The molecule has 0 saturated carbocycles. The van der Waals surface area contributed by atoms with E-state index in [1.807, 2.05) is 0 Å². The van der Waals surface area contributed by atoms with E-state index in [-0.39, 0.29) is 18.0 Å². The first-order valence-electron chi connectivity index (χ1n) is 5.83. The second-order valence-corrected chi connectivity index (χ2v) is 6.31. The molecule has 0 atom stereocenters. The number of hydrogen-bond acceptors (Lipinski definition) is 4. The number of aromatic nitrogens is 2. The molecular weight excluding hydrogens is 280 g/mol. The lowest BCUT2D eigenvalue weighted by atomic mass is 10.3. The van der Waals surface area contributed by atoms with Crippen LogP contribution in [0.2, 0.25) is 0 Å². The van der Waals surface area contributed by atoms with E-state index in [1.54, 1.807) is 18.2 Å². The van der Waals surface area contributed by atoms with E-state index in [1.165, 1.54) is 16.4 Å². The van der Waals surface area contributed by atoms with Crippen LogP contribution in [0.5, 0.6) is 0 Å². The van der Waals surface area contributed by atoms with Crippen LogP contribution in [0.25, 0.3) is 0 Å². The molecule has 0 spiro atoms. The molecule has 1 aromatic carbocycles. The lowest BCUT2D eigenvalue weighted by Crippen LogP contribution is -2.28. The van der Waals surface area contributed by atoms with Gasteiger partial charge in [0, 0.05) is 12.1 Å². The van der Waals surface area contributed by atoms with Crippen LogP contribution in [0.15, 0.2) is 35.2 Å². The lowest BCUT2D eigenvalue weighted by molar-refractivity contribution is 0.246. The number of rotatable bonds is 2. The van der Waals surface area contributed by atoms with Crippen LogP contribution in [0.4, 0.5) is 4.79 Å². The molecule has 1 aromatic heterocycles. The highest BCUT2D eigenvalue weighted by molar-refractivity contribution is 7.89. The number of nitrogens with two attached hydrogens (primary N) is 1. The number of fused-ring (bicyclic) bond motifs is 1. The van der Waals surface area contributed by atoms with Crippen molar-refractivity contribution in [3.05, 3.63) is 47.8 Å². The topological polar surface area (TPSA) is 98.3 Å². The summed E-state index contributed by atoms with van der Waals surface area (Å²) in [6.07, 6.45) is 2.63. The van der Waals surface area contributed by atoms with Gasteiger partial charge in [0.15, 0.2) is 0 Å². The first kappa shape index (κ1) is 12.8. The standard InChI is InChI=1S/C12H11N4O3S/c13-12(17)16-11-8-15(7-9(11)6-14-16)20(18,19)10-4-2-1-3-5-10/h1-5H,7-8H2,(H2,13,17). The summed E-state index contributed by atoms with van der Waals surface area (Å²) in [5, 5.41) is 3.72. The molecule has 3 rings (SSSR count). The number of sulfonamides is 1. The molecule has 0 fully saturated rings. The summed E-state index contributed by atoms with van der Waals surface area (Å²) in [4.78, 5) is 11.4. The lowest BCUT2D eigenvalue weighted by Gasteiger charge is -2.15. The highest BCUT2D eigenvalue weighted by Crippen LogP contribution is 2.27. The Labute approximate surface area is 115 Å². The molecular formula is C12H11N4O3S. The van der Waals surface area contributed by atoms with Crippen LogP contribution < -0.4 is 5.73 Å². The van der Waals surface area contributed by atoms with Crippen molar-refractivity contribution < 1.29 is 13.2 Å². The molecule has 1 aliphatic rings. The summed E-state index contributed by atoms with van der Waals surface area (Å²) in [5.41, 5.74) is 6.21. The molecule has 2 N–H and O–H groups in total. The maximum Gasteiger partial charge on any atom is 0.339 e. The molecule has 1 radical (unpaired) electrons. The minimum absolute atomic E-state index is 0.0615. The van der Waals surface area contributed by atoms with Gasteiger partial charge in [-0.3, -0.25) is 0 Å². The zero-order valence-corrected chi connectivity index (χ0v) is 11.2. The Bertz CT molecular complexity index is 767. The highest BCUT2D eigenvalue weighted by atomic mass is 32.2. The first-order valence-corrected chi connectivity index (χ1v) is 7.27. The van der Waals surface area contributed by atoms with Crippen LogP contribution in [-0.4, -0.2) is 28.5 Å². The number of carbonyl (C=O) groups is 1. The van der Waals surface area contributed by atoms with Gasteiger partial charge in [0.1, 0.15) is 6.20 Å². The molecule has 0 bridgehead atoms. The predicted molar refractivity (Wildman–Crippen MR) is 68.9 cm³/mol. The summed E-state index contributed by atoms with van der Waals surface area (Å²) in [6, 6.07) is 7.38. The van der Waals surface area contributed by atoms with Gasteiger partial charge in [-0.2, -0.15) is 14.1 Å². The Kier molecular flexibility index (Phi) is 2.84. The largest absolute Gasteiger partial charge is 0.350 e. The number of benzene rings is 1. The first-order chi connectivity index (χ1) is 9.50. The average molecular weight is 291 g/mol. The number of hydrogen-bond donors (Lipinski definition) is 1. The van der Waals surface area contributed by atoms with Gasteiger partial charge in [-0.05, 0) is 12.1 Å². The van der Waals surface area contributed by atoms with Crippen LogP contribution >= 0.6 is 0 Å². The van der Waals surface area contributed by atoms with Crippen LogP contribution in [0, 0.1) is 6.20 Å². The maximum atomic E-state index is 12.4. The third-order valence-electron chi connectivity index (χ3n) is 3.14. The fourth-order valence-corrected chi connectivity index (χ4v) is 3.54. The fourth-order valence-electron chi connectivity index (χ4n) is 2.15. The van der Waals surface area contributed by atoms with E-state index in [0.29, 0.717) is 11.3 Å². The molecule has 0 saturated heterocycles. The molecule has 2 aromatic rings. The summed E-state index contributed by atoms with van der Waals surface area (Å²) < 4.78 is 27.1. The summed E-state index contributed by atoms with van der Waals surface area (Å²) in [7, 11) is -3.60. The molecule has 0 aliphatic carbocycles. The van der Waals surface area contributed by atoms with E-state index in [0.717, 1.165) is 4.68 Å². The van der Waals surface area contributed by atoms with Crippen molar-refractivity contribution in [1.82, 2.24) is 14.1 Å². The third kappa shape index (κ3) is 1.89. The van der Waals surface area contributed by atoms with Crippen molar-refractivity contribution in [1.29, 1.82) is 0 Å². The van der Waals surface area contributed by atoms with E-state index in [9.17, 15) is 13.2 Å². The van der Waals surface area contributed by atoms with E-state index in [4.69, 9.17) is 5.73 Å². The molecule has 20 heavy (non-hydrogen) atoms. The maximum absolute atomic E-state index is 12.4. The van der Waals surface area contributed by atoms with Crippen LogP contribution in [0.3, 0.4) is 0 Å². The SMILES string of the molecule is NC(=O)n1n[c]c2c1CN(S(=O)(=O)c1ccccc1)C2. The van der Waals surface area contributed by atoms with E-state index in [2.05, 4.69) is 11.3 Å². The van der Waals surface area contributed by atoms with Crippen molar-refractivity contribution in [2.75, 3.05) is 0 Å². The summed E-state index contributed by atoms with van der Waals surface area (Å²) >= 11 is 0. The number of primary amides is 1. The third-order valence-corrected chi connectivity index (χ3v) is 4.95. The molecule has 1 amide bonds. The van der Waals surface area contributed by atoms with E-state index >= 15 is 0 Å². The second kappa shape index (κ2) is 4.43. The number of carbonyl (C=O) groups excluding carboxylic acids is 1. The minimum atomic E-state index is -3.60. The van der Waals surface area contributed by atoms with Crippen molar-refractivity contribution in [2.45, 2.75) is 18.0 Å². The highest BCUT2D eigenvalue weighted by Gasteiger charge is 2.34. The Morgan fingerprint density at radius 2 is 1.95 bits per heavy atom. The van der Waals surface area contributed by atoms with Crippen LogP contribution in [-0.2, 0) is 23.1 Å². The molecule has 0 unspecified atom stereocenters. The fraction of sp³-hybridized carbons (Fsp3) is 0.167. The van der Waals surface area contributed by atoms with Gasteiger partial charge in [-0.25, -0.2) is 13.2 Å². The van der Waals surface area contributed by atoms with Gasteiger partial charge in [-0.15, -0.1) is 0 Å². The van der Waals surface area contributed by atoms with Gasteiger partial charge in [0.2, 0.25) is 10.0 Å². The normalized spacial score (nSPS) is 15.2. The molecule has 1 aliphatic heterocycles. The van der Waals surface area contributed by atoms with Gasteiger partial charge < -0.3 is 5.73 Å². The minimum Gasteiger partial charge on any atom is -0.350 e. The Morgan fingerprint density at radius 3 is 2.60 bits per heavy atom. The zero-order valence-electron chi connectivity index (χ0n) is 10.4. The summed E-state index contributed by atoms with van der Waals surface area (Å²) in [5.74, 6) is 0. The molecule has 8 heteroatoms. The van der Waals surface area contributed by atoms with Crippen molar-refractivity contribution in [2.24, 2.45) is 5.73 Å². The van der Waals surface area contributed by atoms with Crippen molar-refractivity contribution in [3.8, 4) is 0 Å². The van der Waals surface area contributed by atoms with Gasteiger partial charge in [0.25, 0.3) is 0 Å². The molecule has 103 valence electrons. The van der Waals surface area contributed by atoms with Gasteiger partial charge in [0.05, 0.1) is 17.1 Å². The van der Waals surface area contributed by atoms with Crippen LogP contribution in [0.1, 0.15) is 11.3 Å². The predicted octanol–water partition coefficient (Wildman–Crippen LogP) is 0.315. The number of amides is 1. The quantitative estimate of drug-likeness (QED) is 0.861. The second-order valence-electron chi connectivity index (χ2n) is 4.37. The van der Waals surface area contributed by atoms with Gasteiger partial charge >= 0.3 is 6.03 Å². The Balaban J connectivity index is 1.94. The smallest absolute Gasteiger partial charge is 0.339 e. The summed E-state index contributed by atoms with van der Waals surface area (Å²) in [6.45, 7) is 0.200. The van der Waals surface area contributed by atoms with Gasteiger partial charge in [-0.1, -0.05) is 18.2 Å². The van der Waals surface area contributed by atoms with Crippen molar-refractivity contribution in [3.63, 3.8) is 0 Å².